The summed E-state index contributed by atoms with van der Waals surface area (Å²) in [6.45, 7) is 1.78. The highest BCUT2D eigenvalue weighted by Gasteiger charge is 2.30. The van der Waals surface area contributed by atoms with Gasteiger partial charge in [0.25, 0.3) is 5.91 Å². The van der Waals surface area contributed by atoms with Crippen molar-refractivity contribution in [2.45, 2.75) is 13.1 Å². The molecule has 0 atom stereocenters. The third-order valence-electron chi connectivity index (χ3n) is 3.45. The fourth-order valence-electron chi connectivity index (χ4n) is 2.30. The first-order valence-electron chi connectivity index (χ1n) is 6.89. The monoisotopic (exact) mass is 335 g/mol. The molecule has 3 heterocycles. The van der Waals surface area contributed by atoms with Crippen molar-refractivity contribution >= 4 is 22.8 Å². The number of pyridine rings is 2. The van der Waals surface area contributed by atoms with Crippen LogP contribution in [-0.4, -0.2) is 25.7 Å². The summed E-state index contributed by atoms with van der Waals surface area (Å²) < 4.78 is 39.7. The number of hydrogen-bond donors (Lipinski definition) is 1. The number of amides is 1. The molecule has 24 heavy (non-hydrogen) atoms. The molecule has 0 aliphatic carbocycles. The van der Waals surface area contributed by atoms with Crippen molar-refractivity contribution in [3.8, 4) is 0 Å². The van der Waals surface area contributed by atoms with Gasteiger partial charge in [-0.3, -0.25) is 9.48 Å². The molecule has 3 aromatic rings. The number of halogens is 3. The summed E-state index contributed by atoms with van der Waals surface area (Å²) in [5.41, 5.74) is 0.635. The number of alkyl halides is 3. The second-order valence-corrected chi connectivity index (χ2v) is 5.19. The third-order valence-corrected chi connectivity index (χ3v) is 3.45. The lowest BCUT2D eigenvalue weighted by molar-refractivity contribution is -0.137. The minimum atomic E-state index is -4.50. The molecular weight excluding hydrogens is 323 g/mol. The molecule has 0 saturated carbocycles. The maximum Gasteiger partial charge on any atom is 0.416 e. The van der Waals surface area contributed by atoms with E-state index in [-0.39, 0.29) is 11.4 Å². The van der Waals surface area contributed by atoms with Crippen LogP contribution in [0.4, 0.5) is 19.0 Å². The average Bonchev–Trinajstić information content (AvgIpc) is 2.81. The van der Waals surface area contributed by atoms with Crippen LogP contribution in [0.15, 0.2) is 30.6 Å². The van der Waals surface area contributed by atoms with Crippen molar-refractivity contribution in [3.05, 3.63) is 47.4 Å². The van der Waals surface area contributed by atoms with E-state index in [0.717, 1.165) is 18.3 Å². The van der Waals surface area contributed by atoms with E-state index in [1.165, 1.54) is 6.20 Å². The molecule has 0 saturated heterocycles. The molecule has 0 bridgehead atoms. The van der Waals surface area contributed by atoms with Crippen LogP contribution in [0.25, 0.3) is 11.0 Å². The molecule has 0 aliphatic heterocycles. The molecular formula is C15H12F3N5O. The Bertz CT molecular complexity index is 932. The Labute approximate surface area is 134 Å². The molecule has 0 spiro atoms. The second-order valence-electron chi connectivity index (χ2n) is 5.19. The molecule has 3 aromatic heterocycles. The Hall–Kier alpha value is -2.97. The summed E-state index contributed by atoms with van der Waals surface area (Å²) >= 11 is 0. The zero-order valence-corrected chi connectivity index (χ0v) is 12.7. The molecule has 0 aliphatic rings. The maximum absolute atomic E-state index is 12.7. The Kier molecular flexibility index (Phi) is 3.70. The van der Waals surface area contributed by atoms with Gasteiger partial charge in [-0.25, -0.2) is 9.97 Å². The highest BCUT2D eigenvalue weighted by Crippen LogP contribution is 2.30. The first kappa shape index (κ1) is 15.9. The van der Waals surface area contributed by atoms with E-state index < -0.39 is 17.6 Å². The summed E-state index contributed by atoms with van der Waals surface area (Å²) in [6.07, 6.45) is -2.17. The SMILES string of the molecule is Cc1nn(C)c2ncc(C(=O)Nc3cc(C(F)(F)F)ccn3)cc12. The zero-order valence-electron chi connectivity index (χ0n) is 12.7. The Morgan fingerprint density at radius 1 is 1.25 bits per heavy atom. The zero-order chi connectivity index (χ0) is 17.5. The van der Waals surface area contributed by atoms with Crippen molar-refractivity contribution in [2.24, 2.45) is 7.05 Å². The van der Waals surface area contributed by atoms with Gasteiger partial charge in [-0.15, -0.1) is 0 Å². The van der Waals surface area contributed by atoms with Gasteiger partial charge in [-0.1, -0.05) is 0 Å². The van der Waals surface area contributed by atoms with E-state index >= 15 is 0 Å². The summed E-state index contributed by atoms with van der Waals surface area (Å²) in [4.78, 5) is 20.1. The lowest BCUT2D eigenvalue weighted by atomic mass is 10.2. The number of aryl methyl sites for hydroxylation is 2. The predicted octanol–water partition coefficient (Wildman–Crippen LogP) is 2.94. The van der Waals surface area contributed by atoms with Crippen LogP contribution in [0, 0.1) is 6.92 Å². The van der Waals surface area contributed by atoms with Gasteiger partial charge >= 0.3 is 6.18 Å². The lowest BCUT2D eigenvalue weighted by Crippen LogP contribution is -2.14. The second kappa shape index (κ2) is 5.59. The summed E-state index contributed by atoms with van der Waals surface area (Å²) in [6, 6.07) is 3.20. The molecule has 9 heteroatoms. The van der Waals surface area contributed by atoms with Crippen molar-refractivity contribution in [3.63, 3.8) is 0 Å². The number of nitrogens with zero attached hydrogens (tertiary/aromatic N) is 4. The molecule has 1 N–H and O–H groups in total. The standard InChI is InChI=1S/C15H12F3N5O/c1-8-11-5-9(7-20-13(11)23(2)22-8)14(24)21-12-6-10(3-4-19-12)15(16,17)18/h3-7H,1-2H3,(H,19,21,24). The fourth-order valence-corrected chi connectivity index (χ4v) is 2.30. The highest BCUT2D eigenvalue weighted by molar-refractivity contribution is 6.05. The number of aromatic nitrogens is 4. The van der Waals surface area contributed by atoms with Crippen LogP contribution >= 0.6 is 0 Å². The Morgan fingerprint density at radius 3 is 2.71 bits per heavy atom. The van der Waals surface area contributed by atoms with Crippen LogP contribution in [-0.2, 0) is 13.2 Å². The summed E-state index contributed by atoms with van der Waals surface area (Å²) in [7, 11) is 1.73. The maximum atomic E-state index is 12.7. The topological polar surface area (TPSA) is 72.7 Å². The minimum absolute atomic E-state index is 0.183. The number of hydrogen-bond acceptors (Lipinski definition) is 4. The molecule has 1 amide bonds. The van der Waals surface area contributed by atoms with Crippen LogP contribution in [0.5, 0.6) is 0 Å². The Balaban J connectivity index is 1.89. The van der Waals surface area contributed by atoms with Crippen molar-refractivity contribution in [1.82, 2.24) is 19.7 Å². The first-order chi connectivity index (χ1) is 11.3. The van der Waals surface area contributed by atoms with Gasteiger partial charge in [-0.2, -0.15) is 18.3 Å². The average molecular weight is 335 g/mol. The third kappa shape index (κ3) is 2.92. The van der Waals surface area contributed by atoms with Crippen molar-refractivity contribution in [1.29, 1.82) is 0 Å². The van der Waals surface area contributed by atoms with Crippen LogP contribution in [0.2, 0.25) is 0 Å². The fraction of sp³-hybridized carbons (Fsp3) is 0.200. The van der Waals surface area contributed by atoms with Gasteiger partial charge in [0.05, 0.1) is 16.8 Å². The van der Waals surface area contributed by atoms with Gasteiger partial charge in [-0.05, 0) is 25.1 Å². The highest BCUT2D eigenvalue weighted by atomic mass is 19.4. The van der Waals surface area contributed by atoms with Crippen LogP contribution in [0.3, 0.4) is 0 Å². The molecule has 3 rings (SSSR count). The Morgan fingerprint density at radius 2 is 2.00 bits per heavy atom. The largest absolute Gasteiger partial charge is 0.416 e. The number of carbonyl (C=O) groups excluding carboxylic acids is 1. The molecule has 6 nitrogen and oxygen atoms in total. The number of carbonyl (C=O) groups is 1. The van der Waals surface area contributed by atoms with Gasteiger partial charge in [0.2, 0.25) is 0 Å². The quantitative estimate of drug-likeness (QED) is 0.781. The van der Waals surface area contributed by atoms with E-state index in [2.05, 4.69) is 20.4 Å². The molecule has 0 fully saturated rings. The van der Waals surface area contributed by atoms with Crippen molar-refractivity contribution < 1.29 is 18.0 Å². The summed E-state index contributed by atoms with van der Waals surface area (Å²) in [5, 5.41) is 7.24. The van der Waals surface area contributed by atoms with Gasteiger partial charge in [0.1, 0.15) is 5.82 Å². The van der Waals surface area contributed by atoms with E-state index in [9.17, 15) is 18.0 Å². The minimum Gasteiger partial charge on any atom is -0.307 e. The molecule has 0 radical (unpaired) electrons. The van der Waals surface area contributed by atoms with Gasteiger partial charge in [0.15, 0.2) is 5.65 Å². The van der Waals surface area contributed by atoms with Crippen molar-refractivity contribution in [2.75, 3.05) is 5.32 Å². The smallest absolute Gasteiger partial charge is 0.307 e. The van der Waals surface area contributed by atoms with E-state index in [0.29, 0.717) is 16.7 Å². The lowest BCUT2D eigenvalue weighted by Gasteiger charge is -2.09. The van der Waals surface area contributed by atoms with E-state index in [1.54, 1.807) is 24.7 Å². The number of rotatable bonds is 2. The van der Waals surface area contributed by atoms with Crippen LogP contribution < -0.4 is 5.32 Å². The van der Waals surface area contributed by atoms with Gasteiger partial charge < -0.3 is 5.32 Å². The van der Waals surface area contributed by atoms with E-state index in [1.807, 2.05) is 0 Å². The summed E-state index contributed by atoms with van der Waals surface area (Å²) in [5.74, 6) is -0.780. The molecule has 0 aromatic carbocycles. The number of anilines is 1. The predicted molar refractivity (Wildman–Crippen MR) is 80.4 cm³/mol. The van der Waals surface area contributed by atoms with Gasteiger partial charge in [0, 0.05) is 24.8 Å². The number of fused-ring (bicyclic) bond motifs is 1. The first-order valence-corrected chi connectivity index (χ1v) is 6.89. The number of nitrogens with one attached hydrogen (secondary N) is 1. The molecule has 0 unspecified atom stereocenters. The normalized spacial score (nSPS) is 11.7. The van der Waals surface area contributed by atoms with E-state index in [4.69, 9.17) is 0 Å². The molecule has 124 valence electrons. The van der Waals surface area contributed by atoms with Crippen LogP contribution in [0.1, 0.15) is 21.6 Å².